The van der Waals surface area contributed by atoms with Crippen LogP contribution in [0.1, 0.15) is 11.3 Å². The lowest BCUT2D eigenvalue weighted by atomic mass is 10.2. The maximum absolute atomic E-state index is 12.1. The summed E-state index contributed by atoms with van der Waals surface area (Å²) in [7, 11) is 0. The maximum atomic E-state index is 12.1. The Morgan fingerprint density at radius 3 is 2.61 bits per heavy atom. The van der Waals surface area contributed by atoms with Gasteiger partial charge in [0.2, 0.25) is 11.8 Å². The molecule has 144 valence electrons. The first kappa shape index (κ1) is 20.5. The predicted octanol–water partition coefficient (Wildman–Crippen LogP) is 4.83. The summed E-state index contributed by atoms with van der Waals surface area (Å²) in [4.78, 5) is 28.7. The number of amides is 2. The minimum atomic E-state index is -0.279. The Kier molecular flexibility index (Phi) is 6.83. The van der Waals surface area contributed by atoms with Gasteiger partial charge in [-0.05, 0) is 42.8 Å². The number of anilines is 1. The second-order valence-electron chi connectivity index (χ2n) is 6.11. The number of nitrogens with one attached hydrogen (secondary N) is 2. The average molecular weight is 479 g/mol. The van der Waals surface area contributed by atoms with Crippen molar-refractivity contribution in [2.24, 2.45) is 0 Å². The van der Waals surface area contributed by atoms with Gasteiger partial charge in [-0.15, -0.1) is 11.3 Å². The first-order valence-electron chi connectivity index (χ1n) is 8.44. The van der Waals surface area contributed by atoms with Crippen LogP contribution in [-0.4, -0.2) is 23.3 Å². The molecule has 3 rings (SSSR count). The summed E-state index contributed by atoms with van der Waals surface area (Å²) in [5.74, 6) is -0.533. The first-order valence-corrected chi connectivity index (χ1v) is 10.5. The number of benzene rings is 2. The van der Waals surface area contributed by atoms with Crippen LogP contribution < -0.4 is 10.6 Å². The Morgan fingerprint density at radius 1 is 1.14 bits per heavy atom. The standard InChI is InChI=1S/C20H17BrClN3O2S/c1-12-8-14(21)4-7-17(12)25-19(27)10-23-18(26)9-16-11-28-20(24-16)13-2-5-15(22)6-3-13/h2-8,11H,9-10H2,1H3,(H,23,26)(H,25,27). The summed E-state index contributed by atoms with van der Waals surface area (Å²) < 4.78 is 0.942. The van der Waals surface area contributed by atoms with Gasteiger partial charge < -0.3 is 10.6 Å². The van der Waals surface area contributed by atoms with Gasteiger partial charge in [0.15, 0.2) is 0 Å². The lowest BCUT2D eigenvalue weighted by Crippen LogP contribution is -2.34. The highest BCUT2D eigenvalue weighted by molar-refractivity contribution is 9.10. The smallest absolute Gasteiger partial charge is 0.243 e. The van der Waals surface area contributed by atoms with Crippen LogP contribution in [-0.2, 0) is 16.0 Å². The van der Waals surface area contributed by atoms with E-state index >= 15 is 0 Å². The Morgan fingerprint density at radius 2 is 1.89 bits per heavy atom. The van der Waals surface area contributed by atoms with Crippen LogP contribution in [0.3, 0.4) is 0 Å². The van der Waals surface area contributed by atoms with Gasteiger partial charge in [-0.25, -0.2) is 4.98 Å². The third-order valence-electron chi connectivity index (χ3n) is 3.89. The summed E-state index contributed by atoms with van der Waals surface area (Å²) in [6, 6.07) is 13.0. The van der Waals surface area contributed by atoms with E-state index in [1.165, 1.54) is 11.3 Å². The molecule has 0 fully saturated rings. The SMILES string of the molecule is Cc1cc(Br)ccc1NC(=O)CNC(=O)Cc1csc(-c2ccc(Cl)cc2)n1. The van der Waals surface area contributed by atoms with E-state index in [0.29, 0.717) is 10.7 Å². The highest BCUT2D eigenvalue weighted by Crippen LogP contribution is 2.25. The van der Waals surface area contributed by atoms with E-state index in [2.05, 4.69) is 31.5 Å². The van der Waals surface area contributed by atoms with Crippen LogP contribution in [0.2, 0.25) is 5.02 Å². The van der Waals surface area contributed by atoms with Crippen molar-refractivity contribution in [3.8, 4) is 10.6 Å². The van der Waals surface area contributed by atoms with E-state index in [1.54, 1.807) is 12.1 Å². The number of rotatable bonds is 6. The number of nitrogens with zero attached hydrogens (tertiary/aromatic N) is 1. The monoisotopic (exact) mass is 477 g/mol. The maximum Gasteiger partial charge on any atom is 0.243 e. The molecule has 0 atom stereocenters. The lowest BCUT2D eigenvalue weighted by Gasteiger charge is -2.09. The molecule has 2 amide bonds. The van der Waals surface area contributed by atoms with Gasteiger partial charge in [0.1, 0.15) is 5.01 Å². The molecule has 5 nitrogen and oxygen atoms in total. The molecular weight excluding hydrogens is 462 g/mol. The molecule has 0 saturated heterocycles. The highest BCUT2D eigenvalue weighted by Gasteiger charge is 2.11. The third-order valence-corrected chi connectivity index (χ3v) is 5.58. The Balaban J connectivity index is 1.50. The van der Waals surface area contributed by atoms with Crippen LogP contribution in [0.4, 0.5) is 5.69 Å². The van der Waals surface area contributed by atoms with Crippen molar-refractivity contribution >= 4 is 56.4 Å². The summed E-state index contributed by atoms with van der Waals surface area (Å²) in [5, 5.41) is 8.74. The van der Waals surface area contributed by atoms with E-state index in [4.69, 9.17) is 11.6 Å². The molecule has 0 spiro atoms. The number of halogens is 2. The first-order chi connectivity index (χ1) is 13.4. The predicted molar refractivity (Wildman–Crippen MR) is 117 cm³/mol. The zero-order valence-electron chi connectivity index (χ0n) is 15.0. The molecule has 0 aliphatic heterocycles. The van der Waals surface area contributed by atoms with Crippen molar-refractivity contribution in [2.45, 2.75) is 13.3 Å². The molecule has 0 radical (unpaired) electrons. The lowest BCUT2D eigenvalue weighted by molar-refractivity contribution is -0.123. The van der Waals surface area contributed by atoms with Gasteiger partial charge >= 0.3 is 0 Å². The molecule has 3 aromatic rings. The molecule has 0 aliphatic rings. The minimum absolute atomic E-state index is 0.0947. The number of carbonyl (C=O) groups excluding carboxylic acids is 2. The zero-order chi connectivity index (χ0) is 20.1. The van der Waals surface area contributed by atoms with Crippen molar-refractivity contribution < 1.29 is 9.59 Å². The molecule has 0 bridgehead atoms. The summed E-state index contributed by atoms with van der Waals surface area (Å²) in [6.07, 6.45) is 0.120. The number of hydrogen-bond acceptors (Lipinski definition) is 4. The molecule has 0 aliphatic carbocycles. The van der Waals surface area contributed by atoms with Crippen LogP contribution in [0.5, 0.6) is 0 Å². The van der Waals surface area contributed by atoms with Gasteiger partial charge in [-0.3, -0.25) is 9.59 Å². The van der Waals surface area contributed by atoms with E-state index in [1.807, 2.05) is 42.6 Å². The van der Waals surface area contributed by atoms with E-state index in [9.17, 15) is 9.59 Å². The summed E-state index contributed by atoms with van der Waals surface area (Å²) >= 11 is 10.7. The molecule has 28 heavy (non-hydrogen) atoms. The van der Waals surface area contributed by atoms with Crippen molar-refractivity contribution in [3.05, 3.63) is 68.6 Å². The van der Waals surface area contributed by atoms with E-state index < -0.39 is 0 Å². The van der Waals surface area contributed by atoms with Gasteiger partial charge in [-0.2, -0.15) is 0 Å². The molecule has 1 aromatic heterocycles. The van der Waals surface area contributed by atoms with Crippen LogP contribution in [0.25, 0.3) is 10.6 Å². The summed E-state index contributed by atoms with van der Waals surface area (Å²) in [5.41, 5.74) is 3.27. The molecule has 2 aromatic carbocycles. The second-order valence-corrected chi connectivity index (χ2v) is 8.32. The number of aromatic nitrogens is 1. The number of thiazole rings is 1. The minimum Gasteiger partial charge on any atom is -0.347 e. The van der Waals surface area contributed by atoms with Crippen LogP contribution >= 0.6 is 38.9 Å². The van der Waals surface area contributed by atoms with E-state index in [-0.39, 0.29) is 24.8 Å². The van der Waals surface area contributed by atoms with Crippen molar-refractivity contribution in [3.63, 3.8) is 0 Å². The summed E-state index contributed by atoms with van der Waals surface area (Å²) in [6.45, 7) is 1.81. The topological polar surface area (TPSA) is 71.1 Å². The van der Waals surface area contributed by atoms with Gasteiger partial charge in [0.05, 0.1) is 18.7 Å². The van der Waals surface area contributed by atoms with Crippen molar-refractivity contribution in [2.75, 3.05) is 11.9 Å². The Bertz CT molecular complexity index is 1000. The molecular formula is C20H17BrClN3O2S. The van der Waals surface area contributed by atoms with Gasteiger partial charge in [-0.1, -0.05) is 39.7 Å². The van der Waals surface area contributed by atoms with Gasteiger partial charge in [0, 0.05) is 26.1 Å². The number of hydrogen-bond donors (Lipinski definition) is 2. The molecule has 0 saturated carbocycles. The molecule has 1 heterocycles. The van der Waals surface area contributed by atoms with E-state index in [0.717, 1.165) is 26.3 Å². The quantitative estimate of drug-likeness (QED) is 0.533. The van der Waals surface area contributed by atoms with Crippen LogP contribution in [0.15, 0.2) is 52.3 Å². The van der Waals surface area contributed by atoms with Gasteiger partial charge in [0.25, 0.3) is 0 Å². The largest absolute Gasteiger partial charge is 0.347 e. The number of carbonyl (C=O) groups is 2. The highest BCUT2D eigenvalue weighted by atomic mass is 79.9. The van der Waals surface area contributed by atoms with Crippen LogP contribution in [0, 0.1) is 6.92 Å². The second kappa shape index (κ2) is 9.32. The van der Waals surface area contributed by atoms with Crippen molar-refractivity contribution in [1.82, 2.24) is 10.3 Å². The Labute approximate surface area is 180 Å². The zero-order valence-corrected chi connectivity index (χ0v) is 18.1. The molecule has 2 N–H and O–H groups in total. The molecule has 0 unspecified atom stereocenters. The molecule has 8 heteroatoms. The third kappa shape index (κ3) is 5.64. The fraction of sp³-hybridized carbons (Fsp3) is 0.150. The van der Waals surface area contributed by atoms with Crippen molar-refractivity contribution in [1.29, 1.82) is 0 Å². The fourth-order valence-corrected chi connectivity index (χ4v) is 3.91. The normalized spacial score (nSPS) is 10.5. The average Bonchev–Trinajstić information content (AvgIpc) is 3.11. The Hall–Kier alpha value is -2.22. The number of aryl methyl sites for hydroxylation is 1. The fourth-order valence-electron chi connectivity index (χ4n) is 2.48.